The van der Waals surface area contributed by atoms with Crippen molar-refractivity contribution in [2.45, 2.75) is 26.9 Å². The van der Waals surface area contributed by atoms with Gasteiger partial charge in [0.05, 0.1) is 0 Å². The summed E-state index contributed by atoms with van der Waals surface area (Å²) in [5.41, 5.74) is 3.69. The van der Waals surface area contributed by atoms with Crippen LogP contribution in [-0.4, -0.2) is 18.0 Å². The molecule has 1 amide bonds. The normalized spacial score (nSPS) is 12.0. The minimum atomic E-state index is -0.876. The van der Waals surface area contributed by atoms with E-state index in [9.17, 15) is 9.59 Å². The fourth-order valence-corrected chi connectivity index (χ4v) is 2.18. The lowest BCUT2D eigenvalue weighted by Crippen LogP contribution is -2.29. The Bertz CT molecular complexity index is 751. The Balaban J connectivity index is 1.91. The highest BCUT2D eigenvalue weighted by Gasteiger charge is 2.17. The first-order valence-electron chi connectivity index (χ1n) is 7.77. The van der Waals surface area contributed by atoms with Crippen molar-refractivity contribution >= 4 is 23.6 Å². The number of benzene rings is 2. The first-order chi connectivity index (χ1) is 11.5. The van der Waals surface area contributed by atoms with Gasteiger partial charge in [-0.15, -0.1) is 0 Å². The number of esters is 1. The highest BCUT2D eigenvalue weighted by atomic mass is 16.5. The lowest BCUT2D eigenvalue weighted by Gasteiger charge is -2.14. The van der Waals surface area contributed by atoms with E-state index in [0.717, 1.165) is 16.7 Å². The van der Waals surface area contributed by atoms with Gasteiger partial charge < -0.3 is 10.1 Å². The average molecular weight is 323 g/mol. The molecule has 1 N–H and O–H groups in total. The lowest BCUT2D eigenvalue weighted by molar-refractivity contribution is -0.148. The van der Waals surface area contributed by atoms with E-state index in [1.807, 2.05) is 62.4 Å². The van der Waals surface area contributed by atoms with Crippen molar-refractivity contribution in [3.63, 3.8) is 0 Å². The molecule has 1 unspecified atom stereocenters. The molecule has 1 atom stereocenters. The van der Waals surface area contributed by atoms with E-state index >= 15 is 0 Å². The quantitative estimate of drug-likeness (QED) is 0.671. The van der Waals surface area contributed by atoms with Crippen molar-refractivity contribution in [1.82, 2.24) is 0 Å². The summed E-state index contributed by atoms with van der Waals surface area (Å²) >= 11 is 0. The van der Waals surface area contributed by atoms with Crippen LogP contribution in [0.15, 0.2) is 54.6 Å². The van der Waals surface area contributed by atoms with Gasteiger partial charge in [-0.3, -0.25) is 4.79 Å². The standard InChI is InChI=1S/C20H21NO3/c1-14-9-11-18(15(2)13-14)21-20(23)16(3)24-19(22)12-10-17-7-5-4-6-8-17/h4-13,16H,1-3H3,(H,21,23). The molecule has 2 aromatic rings. The van der Waals surface area contributed by atoms with Gasteiger partial charge in [0.2, 0.25) is 0 Å². The van der Waals surface area contributed by atoms with Crippen LogP contribution in [0.2, 0.25) is 0 Å². The van der Waals surface area contributed by atoms with Crippen LogP contribution in [0.25, 0.3) is 6.08 Å². The minimum Gasteiger partial charge on any atom is -0.449 e. The van der Waals surface area contributed by atoms with Crippen molar-refractivity contribution in [1.29, 1.82) is 0 Å². The maximum absolute atomic E-state index is 12.1. The van der Waals surface area contributed by atoms with Crippen LogP contribution in [0.4, 0.5) is 5.69 Å². The molecule has 24 heavy (non-hydrogen) atoms. The average Bonchev–Trinajstić information content (AvgIpc) is 2.56. The molecule has 0 heterocycles. The number of hydrogen-bond acceptors (Lipinski definition) is 3. The molecule has 0 aliphatic carbocycles. The Hall–Kier alpha value is -2.88. The number of nitrogens with one attached hydrogen (secondary N) is 1. The Morgan fingerprint density at radius 3 is 2.46 bits per heavy atom. The molecule has 0 bridgehead atoms. The van der Waals surface area contributed by atoms with Crippen molar-refractivity contribution in [2.75, 3.05) is 5.32 Å². The fourth-order valence-electron chi connectivity index (χ4n) is 2.18. The molecule has 0 saturated carbocycles. The zero-order valence-corrected chi connectivity index (χ0v) is 14.1. The van der Waals surface area contributed by atoms with E-state index in [4.69, 9.17) is 4.74 Å². The van der Waals surface area contributed by atoms with Gasteiger partial charge in [-0.1, -0.05) is 48.0 Å². The van der Waals surface area contributed by atoms with Gasteiger partial charge in [0.15, 0.2) is 6.10 Å². The SMILES string of the molecule is Cc1ccc(NC(=O)C(C)OC(=O)C=Cc2ccccc2)c(C)c1. The van der Waals surface area contributed by atoms with Crippen LogP contribution in [0, 0.1) is 13.8 Å². The van der Waals surface area contributed by atoms with Crippen LogP contribution in [0.1, 0.15) is 23.6 Å². The number of hydrogen-bond donors (Lipinski definition) is 1. The Labute approximate surface area is 142 Å². The highest BCUT2D eigenvalue weighted by molar-refractivity contribution is 5.97. The molecular weight excluding hydrogens is 302 g/mol. The van der Waals surface area contributed by atoms with E-state index < -0.39 is 12.1 Å². The van der Waals surface area contributed by atoms with Crippen molar-refractivity contribution in [2.24, 2.45) is 0 Å². The van der Waals surface area contributed by atoms with Gasteiger partial charge in [-0.05, 0) is 44.0 Å². The number of anilines is 1. The van der Waals surface area contributed by atoms with E-state index in [2.05, 4.69) is 5.32 Å². The van der Waals surface area contributed by atoms with Gasteiger partial charge in [0.1, 0.15) is 0 Å². The lowest BCUT2D eigenvalue weighted by atomic mass is 10.1. The third kappa shape index (κ3) is 5.09. The Morgan fingerprint density at radius 1 is 1.08 bits per heavy atom. The van der Waals surface area contributed by atoms with Crippen LogP contribution in [0.3, 0.4) is 0 Å². The summed E-state index contributed by atoms with van der Waals surface area (Å²) in [6, 6.07) is 15.1. The van der Waals surface area contributed by atoms with E-state index in [1.165, 1.54) is 6.08 Å². The van der Waals surface area contributed by atoms with Crippen LogP contribution >= 0.6 is 0 Å². The van der Waals surface area contributed by atoms with E-state index in [-0.39, 0.29) is 5.91 Å². The summed E-state index contributed by atoms with van der Waals surface area (Å²) in [5, 5.41) is 2.78. The predicted octanol–water partition coefficient (Wildman–Crippen LogP) is 3.89. The molecule has 124 valence electrons. The molecule has 2 rings (SSSR count). The highest BCUT2D eigenvalue weighted by Crippen LogP contribution is 2.16. The van der Waals surface area contributed by atoms with Crippen molar-refractivity contribution < 1.29 is 14.3 Å². The first kappa shape index (κ1) is 17.5. The van der Waals surface area contributed by atoms with E-state index in [0.29, 0.717) is 5.69 Å². The number of aryl methyl sites for hydroxylation is 2. The maximum Gasteiger partial charge on any atom is 0.331 e. The maximum atomic E-state index is 12.1. The zero-order chi connectivity index (χ0) is 17.5. The number of carbonyl (C=O) groups is 2. The van der Waals surface area contributed by atoms with Gasteiger partial charge in [-0.25, -0.2) is 4.79 Å². The monoisotopic (exact) mass is 323 g/mol. The molecule has 0 aliphatic heterocycles. The number of ether oxygens (including phenoxy) is 1. The third-order valence-electron chi connectivity index (χ3n) is 3.51. The summed E-state index contributed by atoms with van der Waals surface area (Å²) < 4.78 is 5.13. The van der Waals surface area contributed by atoms with Gasteiger partial charge in [0.25, 0.3) is 5.91 Å². The van der Waals surface area contributed by atoms with Gasteiger partial charge >= 0.3 is 5.97 Å². The van der Waals surface area contributed by atoms with Crippen LogP contribution in [0.5, 0.6) is 0 Å². The molecule has 0 aliphatic rings. The summed E-state index contributed by atoms with van der Waals surface area (Å²) in [6.07, 6.45) is 2.09. The van der Waals surface area contributed by atoms with Gasteiger partial charge in [-0.2, -0.15) is 0 Å². The zero-order valence-electron chi connectivity index (χ0n) is 14.1. The van der Waals surface area contributed by atoms with Gasteiger partial charge in [0, 0.05) is 11.8 Å². The smallest absolute Gasteiger partial charge is 0.331 e. The molecular formula is C20H21NO3. The molecule has 4 nitrogen and oxygen atoms in total. The fraction of sp³-hybridized carbons (Fsp3) is 0.200. The molecule has 0 spiro atoms. The Kier molecular flexibility index (Phi) is 5.90. The predicted molar refractivity (Wildman–Crippen MR) is 95.6 cm³/mol. The third-order valence-corrected chi connectivity index (χ3v) is 3.51. The summed E-state index contributed by atoms with van der Waals surface area (Å²) in [5.74, 6) is -0.912. The molecule has 0 radical (unpaired) electrons. The molecule has 2 aromatic carbocycles. The second-order valence-corrected chi connectivity index (χ2v) is 5.63. The molecule has 0 saturated heterocycles. The van der Waals surface area contributed by atoms with E-state index in [1.54, 1.807) is 13.0 Å². The van der Waals surface area contributed by atoms with Crippen molar-refractivity contribution in [3.8, 4) is 0 Å². The van der Waals surface area contributed by atoms with Crippen molar-refractivity contribution in [3.05, 3.63) is 71.3 Å². The number of carbonyl (C=O) groups excluding carboxylic acids is 2. The minimum absolute atomic E-state index is 0.358. The largest absolute Gasteiger partial charge is 0.449 e. The number of amides is 1. The molecule has 0 aromatic heterocycles. The molecule has 4 heteroatoms. The molecule has 0 fully saturated rings. The second-order valence-electron chi connectivity index (χ2n) is 5.63. The first-order valence-corrected chi connectivity index (χ1v) is 7.77. The summed E-state index contributed by atoms with van der Waals surface area (Å²) in [6.45, 7) is 5.46. The van der Waals surface area contributed by atoms with Crippen LogP contribution in [-0.2, 0) is 14.3 Å². The summed E-state index contributed by atoms with van der Waals surface area (Å²) in [7, 11) is 0. The Morgan fingerprint density at radius 2 is 1.79 bits per heavy atom. The topological polar surface area (TPSA) is 55.4 Å². The van der Waals surface area contributed by atoms with Crippen LogP contribution < -0.4 is 5.32 Å². The summed E-state index contributed by atoms with van der Waals surface area (Å²) in [4.78, 5) is 24.0. The second kappa shape index (κ2) is 8.11. The number of rotatable bonds is 5.